The van der Waals surface area contributed by atoms with Crippen LogP contribution in [0.5, 0.6) is 5.75 Å². The average Bonchev–Trinajstić information content (AvgIpc) is 2.66. The Morgan fingerprint density at radius 1 is 1.21 bits per heavy atom. The van der Waals surface area contributed by atoms with E-state index in [1.807, 2.05) is 38.1 Å². The monoisotopic (exact) mass is 438 g/mol. The van der Waals surface area contributed by atoms with Gasteiger partial charge in [0.2, 0.25) is 15.9 Å². The van der Waals surface area contributed by atoms with E-state index in [1.165, 1.54) is 0 Å². The molecule has 0 aliphatic heterocycles. The Morgan fingerprint density at radius 3 is 2.52 bits per heavy atom. The highest BCUT2D eigenvalue weighted by molar-refractivity contribution is 7.92. The maximum atomic E-state index is 12.9. The molecule has 0 aliphatic rings. The van der Waals surface area contributed by atoms with Gasteiger partial charge in [-0.05, 0) is 55.7 Å². The summed E-state index contributed by atoms with van der Waals surface area (Å²) in [4.78, 5) is 12.9. The Balaban J connectivity index is 2.24. The van der Waals surface area contributed by atoms with Crippen molar-refractivity contribution < 1.29 is 17.9 Å². The summed E-state index contributed by atoms with van der Waals surface area (Å²) < 4.78 is 31.6. The number of carbonyl (C=O) groups excluding carboxylic acids is 1. The van der Waals surface area contributed by atoms with E-state index in [9.17, 15) is 13.2 Å². The van der Waals surface area contributed by atoms with Crippen molar-refractivity contribution in [1.29, 1.82) is 0 Å². The number of hydrogen-bond acceptors (Lipinski definition) is 4. The lowest BCUT2D eigenvalue weighted by Gasteiger charge is -2.30. The molecule has 1 N–H and O–H groups in total. The van der Waals surface area contributed by atoms with Crippen LogP contribution in [0.15, 0.2) is 42.5 Å². The van der Waals surface area contributed by atoms with Gasteiger partial charge in [-0.2, -0.15) is 0 Å². The minimum absolute atomic E-state index is 0.266. The zero-order chi connectivity index (χ0) is 21.6. The largest absolute Gasteiger partial charge is 0.494 e. The zero-order valence-electron chi connectivity index (χ0n) is 17.1. The topological polar surface area (TPSA) is 75.7 Å². The summed E-state index contributed by atoms with van der Waals surface area (Å²) in [7, 11) is -3.71. The fraction of sp³-hybridized carbons (Fsp3) is 0.381. The van der Waals surface area contributed by atoms with Crippen LogP contribution in [0.3, 0.4) is 0 Å². The lowest BCUT2D eigenvalue weighted by molar-refractivity contribution is -0.122. The highest BCUT2D eigenvalue weighted by Gasteiger charge is 2.31. The summed E-state index contributed by atoms with van der Waals surface area (Å²) in [6.45, 7) is 6.32. The number of nitrogens with zero attached hydrogens (tertiary/aromatic N) is 1. The maximum absolute atomic E-state index is 12.9. The lowest BCUT2D eigenvalue weighted by Crippen LogP contribution is -2.49. The van der Waals surface area contributed by atoms with E-state index in [2.05, 4.69) is 5.32 Å². The highest BCUT2D eigenvalue weighted by Crippen LogP contribution is 2.27. The number of rotatable bonds is 9. The molecule has 29 heavy (non-hydrogen) atoms. The number of hydrogen-bond donors (Lipinski definition) is 1. The second-order valence-corrected chi connectivity index (χ2v) is 8.98. The Hall–Kier alpha value is -2.25. The van der Waals surface area contributed by atoms with Gasteiger partial charge in [0, 0.05) is 11.6 Å². The maximum Gasteiger partial charge on any atom is 0.244 e. The molecule has 1 amide bonds. The molecule has 8 heteroatoms. The number of carbonyl (C=O) groups is 1. The second-order valence-electron chi connectivity index (χ2n) is 6.71. The molecule has 0 bridgehead atoms. The summed E-state index contributed by atoms with van der Waals surface area (Å²) >= 11 is 6.18. The number of anilines is 1. The van der Waals surface area contributed by atoms with E-state index >= 15 is 0 Å². The van der Waals surface area contributed by atoms with Crippen molar-refractivity contribution in [2.24, 2.45) is 0 Å². The first-order valence-electron chi connectivity index (χ1n) is 9.42. The molecule has 0 spiro atoms. The third-order valence-electron chi connectivity index (χ3n) is 4.42. The Morgan fingerprint density at radius 2 is 1.93 bits per heavy atom. The van der Waals surface area contributed by atoms with Gasteiger partial charge in [0.1, 0.15) is 11.8 Å². The molecule has 6 nitrogen and oxygen atoms in total. The molecule has 158 valence electrons. The molecule has 2 aromatic rings. The number of amides is 1. The van der Waals surface area contributed by atoms with Gasteiger partial charge in [-0.1, -0.05) is 36.7 Å². The van der Waals surface area contributed by atoms with Gasteiger partial charge in [-0.25, -0.2) is 8.42 Å². The van der Waals surface area contributed by atoms with Crippen LogP contribution in [-0.2, 0) is 21.4 Å². The fourth-order valence-electron chi connectivity index (χ4n) is 3.00. The highest BCUT2D eigenvalue weighted by atomic mass is 35.5. The molecule has 0 aromatic heterocycles. The van der Waals surface area contributed by atoms with E-state index < -0.39 is 16.1 Å². The number of ether oxygens (including phenoxy) is 1. The molecule has 2 aromatic carbocycles. The minimum Gasteiger partial charge on any atom is -0.494 e. The number of benzene rings is 2. The third kappa shape index (κ3) is 6.11. The van der Waals surface area contributed by atoms with Crippen LogP contribution in [0.25, 0.3) is 0 Å². The van der Waals surface area contributed by atoms with Crippen molar-refractivity contribution in [3.8, 4) is 5.75 Å². The molecular weight excluding hydrogens is 412 g/mol. The predicted molar refractivity (Wildman–Crippen MR) is 117 cm³/mol. The van der Waals surface area contributed by atoms with Crippen LogP contribution >= 0.6 is 11.6 Å². The Labute approximate surface area is 177 Å². The minimum atomic E-state index is -3.71. The number of halogens is 1. The fourth-order valence-corrected chi connectivity index (χ4v) is 4.38. The van der Waals surface area contributed by atoms with Crippen LogP contribution in [-0.4, -0.2) is 33.2 Å². The van der Waals surface area contributed by atoms with Crippen LogP contribution in [0, 0.1) is 6.92 Å². The molecule has 0 aliphatic carbocycles. The van der Waals surface area contributed by atoms with E-state index in [-0.39, 0.29) is 12.5 Å². The molecule has 1 atom stereocenters. The summed E-state index contributed by atoms with van der Waals surface area (Å²) in [5, 5.41) is 3.28. The predicted octanol–water partition coefficient (Wildman–Crippen LogP) is 3.91. The van der Waals surface area contributed by atoms with Gasteiger partial charge in [-0.3, -0.25) is 9.10 Å². The molecule has 0 saturated heterocycles. The van der Waals surface area contributed by atoms with Crippen molar-refractivity contribution in [1.82, 2.24) is 5.32 Å². The van der Waals surface area contributed by atoms with E-state index in [0.717, 1.165) is 27.4 Å². The smallest absolute Gasteiger partial charge is 0.244 e. The molecule has 0 fully saturated rings. The summed E-state index contributed by atoms with van der Waals surface area (Å²) in [5.41, 5.74) is 2.06. The van der Waals surface area contributed by atoms with Gasteiger partial charge in [0.25, 0.3) is 0 Å². The van der Waals surface area contributed by atoms with Crippen LogP contribution in [0.4, 0.5) is 5.69 Å². The van der Waals surface area contributed by atoms with Crippen molar-refractivity contribution in [3.63, 3.8) is 0 Å². The Kier molecular flexibility index (Phi) is 7.93. The summed E-state index contributed by atoms with van der Waals surface area (Å²) in [6, 6.07) is 11.5. The third-order valence-corrected chi connectivity index (χ3v) is 6.00. The summed E-state index contributed by atoms with van der Waals surface area (Å²) in [5.74, 6) is 0.342. The molecule has 0 heterocycles. The number of sulfonamides is 1. The number of aryl methyl sites for hydroxylation is 1. The molecule has 2 rings (SSSR count). The van der Waals surface area contributed by atoms with Crippen LogP contribution in [0.2, 0.25) is 5.02 Å². The molecule has 0 radical (unpaired) electrons. The number of nitrogens with one attached hydrogen (secondary N) is 1. The first-order valence-corrected chi connectivity index (χ1v) is 11.6. The average molecular weight is 439 g/mol. The van der Waals surface area contributed by atoms with Gasteiger partial charge >= 0.3 is 0 Å². The van der Waals surface area contributed by atoms with E-state index in [4.69, 9.17) is 16.3 Å². The molecular formula is C21H27ClN2O4S. The van der Waals surface area contributed by atoms with Crippen molar-refractivity contribution in [2.75, 3.05) is 17.2 Å². The molecule has 0 saturated carbocycles. The Bertz CT molecular complexity index is 963. The molecule has 0 unspecified atom stereocenters. The van der Waals surface area contributed by atoms with Crippen molar-refractivity contribution >= 4 is 33.2 Å². The van der Waals surface area contributed by atoms with Gasteiger partial charge < -0.3 is 10.1 Å². The van der Waals surface area contributed by atoms with E-state index in [1.54, 1.807) is 25.1 Å². The van der Waals surface area contributed by atoms with Gasteiger partial charge in [0.05, 0.1) is 18.6 Å². The van der Waals surface area contributed by atoms with E-state index in [0.29, 0.717) is 23.7 Å². The van der Waals surface area contributed by atoms with Gasteiger partial charge in [0.15, 0.2) is 0 Å². The second kappa shape index (κ2) is 9.98. The standard InChI is InChI=1S/C21H27ClN2O4S/c1-5-20(21(25)23-14-16-8-7-9-18(12-16)28-6-2)24(29(4,26)27)17-11-10-15(3)19(22)13-17/h7-13,20H,5-6,14H2,1-4H3,(H,23,25)/t20-/m0/s1. The summed E-state index contributed by atoms with van der Waals surface area (Å²) in [6.07, 6.45) is 1.39. The van der Waals surface area contributed by atoms with Gasteiger partial charge in [-0.15, -0.1) is 0 Å². The van der Waals surface area contributed by atoms with Crippen LogP contribution < -0.4 is 14.4 Å². The zero-order valence-corrected chi connectivity index (χ0v) is 18.7. The van der Waals surface area contributed by atoms with Crippen molar-refractivity contribution in [2.45, 2.75) is 39.8 Å². The quantitative estimate of drug-likeness (QED) is 0.644. The lowest BCUT2D eigenvalue weighted by atomic mass is 10.1. The van der Waals surface area contributed by atoms with Crippen LogP contribution in [0.1, 0.15) is 31.4 Å². The van der Waals surface area contributed by atoms with Crippen molar-refractivity contribution in [3.05, 3.63) is 58.6 Å². The first kappa shape index (κ1) is 23.0. The SMILES string of the molecule is CCOc1cccc(CNC(=O)[C@H](CC)N(c2ccc(C)c(Cl)c2)S(C)(=O)=O)c1. The first-order chi connectivity index (χ1) is 13.7. The normalized spacial score (nSPS) is 12.3.